The lowest BCUT2D eigenvalue weighted by Gasteiger charge is -2.33. The summed E-state index contributed by atoms with van der Waals surface area (Å²) in [5.74, 6) is 0.850. The van der Waals surface area contributed by atoms with E-state index in [-0.39, 0.29) is 0 Å². The van der Waals surface area contributed by atoms with E-state index in [1.165, 1.54) is 19.4 Å². The average molecular weight is 232 g/mol. The van der Waals surface area contributed by atoms with Crippen molar-refractivity contribution in [3.63, 3.8) is 0 Å². The van der Waals surface area contributed by atoms with Crippen molar-refractivity contribution in [1.29, 1.82) is 0 Å². The Bertz CT molecular complexity index is 197. The molecule has 1 heterocycles. The first-order valence-corrected chi connectivity index (χ1v) is 7.71. The molecule has 1 aliphatic heterocycles. The molecule has 1 fully saturated rings. The van der Waals surface area contributed by atoms with Crippen molar-refractivity contribution < 1.29 is 4.21 Å². The van der Waals surface area contributed by atoms with Gasteiger partial charge in [0.25, 0.3) is 0 Å². The van der Waals surface area contributed by atoms with Gasteiger partial charge in [-0.05, 0) is 19.4 Å². The summed E-state index contributed by atoms with van der Waals surface area (Å²) < 4.78 is 10.9. The fraction of sp³-hybridized carbons (Fsp3) is 1.00. The van der Waals surface area contributed by atoms with Gasteiger partial charge in [0, 0.05) is 48.5 Å². The summed E-state index contributed by atoms with van der Waals surface area (Å²) in [6.07, 6.45) is 5.39. The number of hydrogen-bond acceptors (Lipinski definition) is 3. The largest absolute Gasteiger partial charge is 0.311 e. The van der Waals surface area contributed by atoms with Crippen LogP contribution in [-0.4, -0.2) is 53.3 Å². The van der Waals surface area contributed by atoms with Gasteiger partial charge < -0.3 is 10.2 Å². The molecule has 2 atom stereocenters. The lowest BCUT2D eigenvalue weighted by molar-refractivity contribution is 0.195. The molecule has 1 saturated heterocycles. The Hall–Kier alpha value is 0.0700. The molecular formula is C11H24N2OS. The average Bonchev–Trinajstić information content (AvgIpc) is 2.18. The molecule has 0 aromatic heterocycles. The monoisotopic (exact) mass is 232 g/mol. The molecule has 2 unspecified atom stereocenters. The predicted octanol–water partition coefficient (Wildman–Crippen LogP) is 0.829. The van der Waals surface area contributed by atoms with E-state index in [4.69, 9.17) is 0 Å². The Labute approximate surface area is 96.1 Å². The highest BCUT2D eigenvalue weighted by atomic mass is 32.2. The second kappa shape index (κ2) is 7.36. The molecular weight excluding hydrogens is 208 g/mol. The standard InChI is InChI=1S/C11H24N2OS/c1-3-5-11-10-13(8-6-12-11)7-4-9-15(2)14/h11-12H,3-10H2,1-2H3. The van der Waals surface area contributed by atoms with Gasteiger partial charge in [0.05, 0.1) is 0 Å². The molecule has 1 aliphatic rings. The Kier molecular flexibility index (Phi) is 6.45. The van der Waals surface area contributed by atoms with Gasteiger partial charge >= 0.3 is 0 Å². The molecule has 3 nitrogen and oxygen atoms in total. The summed E-state index contributed by atoms with van der Waals surface area (Å²) >= 11 is 0. The molecule has 90 valence electrons. The number of piperazine rings is 1. The smallest absolute Gasteiger partial charge is 0.0244 e. The lowest BCUT2D eigenvalue weighted by atomic mass is 10.1. The Balaban J connectivity index is 2.15. The first kappa shape index (κ1) is 13.1. The summed E-state index contributed by atoms with van der Waals surface area (Å²) in [7, 11) is -0.624. The number of nitrogens with one attached hydrogen (secondary N) is 1. The highest BCUT2D eigenvalue weighted by Gasteiger charge is 2.17. The summed E-state index contributed by atoms with van der Waals surface area (Å²) in [6.45, 7) is 6.78. The molecule has 0 bridgehead atoms. The van der Waals surface area contributed by atoms with Crippen molar-refractivity contribution in [2.45, 2.75) is 32.2 Å². The normalized spacial score (nSPS) is 25.3. The minimum absolute atomic E-state index is 0.624. The molecule has 15 heavy (non-hydrogen) atoms. The molecule has 4 heteroatoms. The molecule has 1 rings (SSSR count). The van der Waals surface area contributed by atoms with Crippen molar-refractivity contribution in [1.82, 2.24) is 10.2 Å². The van der Waals surface area contributed by atoms with Gasteiger partial charge in [0.15, 0.2) is 0 Å². The van der Waals surface area contributed by atoms with Crippen LogP contribution in [0.25, 0.3) is 0 Å². The van der Waals surface area contributed by atoms with Gasteiger partial charge in [-0.1, -0.05) is 13.3 Å². The van der Waals surface area contributed by atoms with E-state index >= 15 is 0 Å². The van der Waals surface area contributed by atoms with Crippen LogP contribution < -0.4 is 5.32 Å². The number of rotatable bonds is 6. The second-order valence-electron chi connectivity index (χ2n) is 4.37. The summed E-state index contributed by atoms with van der Waals surface area (Å²) in [6, 6.07) is 0.677. The van der Waals surface area contributed by atoms with Gasteiger partial charge in [0.2, 0.25) is 0 Å². The molecule has 0 spiro atoms. The van der Waals surface area contributed by atoms with Crippen LogP contribution in [0.4, 0.5) is 0 Å². The Morgan fingerprint density at radius 2 is 2.33 bits per heavy atom. The van der Waals surface area contributed by atoms with Crippen LogP contribution in [-0.2, 0) is 10.8 Å². The Morgan fingerprint density at radius 3 is 3.00 bits per heavy atom. The maximum atomic E-state index is 10.9. The molecule has 0 saturated carbocycles. The van der Waals surface area contributed by atoms with Crippen LogP contribution in [0.1, 0.15) is 26.2 Å². The zero-order valence-electron chi connectivity index (χ0n) is 10.00. The molecule has 1 N–H and O–H groups in total. The third-order valence-electron chi connectivity index (χ3n) is 2.88. The third-order valence-corrected chi connectivity index (χ3v) is 3.75. The topological polar surface area (TPSA) is 32.3 Å². The predicted molar refractivity (Wildman–Crippen MR) is 66.7 cm³/mol. The minimum Gasteiger partial charge on any atom is -0.311 e. The summed E-state index contributed by atoms with van der Waals surface area (Å²) in [5, 5.41) is 3.55. The summed E-state index contributed by atoms with van der Waals surface area (Å²) in [4.78, 5) is 2.50. The van der Waals surface area contributed by atoms with Gasteiger partial charge in [-0.15, -0.1) is 0 Å². The minimum atomic E-state index is -0.624. The van der Waals surface area contributed by atoms with Crippen LogP contribution in [0.3, 0.4) is 0 Å². The van der Waals surface area contributed by atoms with Gasteiger partial charge in [-0.25, -0.2) is 0 Å². The molecule has 0 amide bonds. The second-order valence-corrected chi connectivity index (χ2v) is 5.93. The van der Waals surface area contributed by atoms with Crippen molar-refractivity contribution in [2.75, 3.05) is 38.2 Å². The molecule has 0 aromatic carbocycles. The fourth-order valence-corrected chi connectivity index (χ4v) is 2.67. The molecule has 0 aliphatic carbocycles. The van der Waals surface area contributed by atoms with Gasteiger partial charge in [-0.2, -0.15) is 0 Å². The van der Waals surface area contributed by atoms with Crippen LogP contribution in [0, 0.1) is 0 Å². The zero-order chi connectivity index (χ0) is 11.1. The summed E-state index contributed by atoms with van der Waals surface area (Å²) in [5.41, 5.74) is 0. The maximum absolute atomic E-state index is 10.9. The highest BCUT2D eigenvalue weighted by molar-refractivity contribution is 7.84. The highest BCUT2D eigenvalue weighted by Crippen LogP contribution is 2.05. The van der Waals surface area contributed by atoms with Crippen LogP contribution >= 0.6 is 0 Å². The van der Waals surface area contributed by atoms with E-state index < -0.39 is 10.8 Å². The van der Waals surface area contributed by atoms with Crippen molar-refractivity contribution >= 4 is 10.8 Å². The maximum Gasteiger partial charge on any atom is 0.0244 e. The van der Waals surface area contributed by atoms with Crippen molar-refractivity contribution in [3.05, 3.63) is 0 Å². The quantitative estimate of drug-likeness (QED) is 0.736. The SMILES string of the molecule is CCCC1CN(CCCS(C)=O)CCN1. The van der Waals surface area contributed by atoms with E-state index in [1.54, 1.807) is 6.26 Å². The molecule has 0 radical (unpaired) electrons. The Morgan fingerprint density at radius 1 is 1.53 bits per heavy atom. The lowest BCUT2D eigenvalue weighted by Crippen LogP contribution is -2.50. The van der Waals surface area contributed by atoms with Crippen molar-refractivity contribution in [2.24, 2.45) is 0 Å². The number of hydrogen-bond donors (Lipinski definition) is 1. The van der Waals surface area contributed by atoms with Gasteiger partial charge in [0.1, 0.15) is 0 Å². The van der Waals surface area contributed by atoms with Crippen LogP contribution in [0.2, 0.25) is 0 Å². The van der Waals surface area contributed by atoms with E-state index in [2.05, 4.69) is 17.1 Å². The van der Waals surface area contributed by atoms with E-state index in [0.29, 0.717) is 6.04 Å². The first-order valence-electron chi connectivity index (χ1n) is 5.98. The van der Waals surface area contributed by atoms with E-state index in [0.717, 1.165) is 31.8 Å². The first-order chi connectivity index (χ1) is 7.22. The van der Waals surface area contributed by atoms with Crippen LogP contribution in [0.5, 0.6) is 0 Å². The van der Waals surface area contributed by atoms with Gasteiger partial charge in [-0.3, -0.25) is 4.21 Å². The third kappa shape index (κ3) is 5.64. The molecule has 0 aromatic rings. The van der Waals surface area contributed by atoms with Crippen molar-refractivity contribution in [3.8, 4) is 0 Å². The van der Waals surface area contributed by atoms with E-state index in [9.17, 15) is 4.21 Å². The fourth-order valence-electron chi connectivity index (χ4n) is 2.13. The zero-order valence-corrected chi connectivity index (χ0v) is 10.8. The number of nitrogens with zero attached hydrogens (tertiary/aromatic N) is 1. The van der Waals surface area contributed by atoms with E-state index in [1.807, 2.05) is 0 Å². The van der Waals surface area contributed by atoms with Crippen LogP contribution in [0.15, 0.2) is 0 Å².